The molecule has 0 amide bonds. The highest BCUT2D eigenvalue weighted by molar-refractivity contribution is 5.57. The second-order valence-corrected chi connectivity index (χ2v) is 6.55. The second-order valence-electron chi connectivity index (χ2n) is 6.55. The Morgan fingerprint density at radius 1 is 1.20 bits per heavy atom. The number of nitrogens with zero attached hydrogens (tertiary/aromatic N) is 2. The molecule has 1 aliphatic rings. The zero-order valence-electron chi connectivity index (χ0n) is 15.1. The van der Waals surface area contributed by atoms with E-state index in [2.05, 4.69) is 70.6 Å². The Kier molecular flexibility index (Phi) is 5.03. The summed E-state index contributed by atoms with van der Waals surface area (Å²) in [7, 11) is 1.88. The minimum atomic E-state index is 0.562. The first-order chi connectivity index (χ1) is 12.0. The molecule has 5 heteroatoms. The lowest BCUT2D eigenvalue weighted by Gasteiger charge is -2.12. The van der Waals surface area contributed by atoms with Crippen LogP contribution in [0.25, 0.3) is 0 Å². The number of hydrogen-bond donors (Lipinski definition) is 3. The van der Waals surface area contributed by atoms with Gasteiger partial charge in [-0.25, -0.2) is 4.98 Å². The van der Waals surface area contributed by atoms with E-state index >= 15 is 0 Å². The van der Waals surface area contributed by atoms with Gasteiger partial charge in [-0.1, -0.05) is 12.6 Å². The highest BCUT2D eigenvalue weighted by atomic mass is 15.2. The van der Waals surface area contributed by atoms with Crippen LogP contribution in [-0.4, -0.2) is 17.0 Å². The van der Waals surface area contributed by atoms with Gasteiger partial charge in [-0.2, -0.15) is 4.98 Å². The average Bonchev–Trinajstić information content (AvgIpc) is 3.38. The predicted molar refractivity (Wildman–Crippen MR) is 104 cm³/mol. The molecule has 0 atom stereocenters. The van der Waals surface area contributed by atoms with E-state index in [0.717, 1.165) is 22.9 Å². The molecule has 25 heavy (non-hydrogen) atoms. The summed E-state index contributed by atoms with van der Waals surface area (Å²) in [4.78, 5) is 8.85. The molecule has 1 saturated carbocycles. The number of aromatic nitrogens is 2. The molecule has 3 rings (SSSR count). The van der Waals surface area contributed by atoms with Gasteiger partial charge < -0.3 is 16.0 Å². The van der Waals surface area contributed by atoms with Crippen molar-refractivity contribution in [1.82, 2.24) is 15.3 Å². The van der Waals surface area contributed by atoms with Gasteiger partial charge in [0, 0.05) is 18.9 Å². The highest BCUT2D eigenvalue weighted by Crippen LogP contribution is 2.36. The maximum atomic E-state index is 4.54. The van der Waals surface area contributed by atoms with Crippen molar-refractivity contribution in [1.29, 1.82) is 0 Å². The number of aryl methyl sites for hydroxylation is 2. The Bertz CT molecular complexity index is 785. The van der Waals surface area contributed by atoms with Crippen LogP contribution in [0.5, 0.6) is 0 Å². The van der Waals surface area contributed by atoms with E-state index in [1.807, 2.05) is 13.1 Å². The molecule has 0 saturated heterocycles. The molecule has 3 N–H and O–H groups in total. The quantitative estimate of drug-likeness (QED) is 0.659. The third-order valence-corrected chi connectivity index (χ3v) is 4.10. The van der Waals surface area contributed by atoms with Gasteiger partial charge >= 0.3 is 0 Å². The van der Waals surface area contributed by atoms with Gasteiger partial charge in [-0.3, -0.25) is 0 Å². The third-order valence-electron chi connectivity index (χ3n) is 4.10. The molecular formula is C20H25N5. The summed E-state index contributed by atoms with van der Waals surface area (Å²) in [5, 5.41) is 9.71. The maximum absolute atomic E-state index is 4.54. The lowest BCUT2D eigenvalue weighted by Crippen LogP contribution is -2.16. The Labute approximate surface area is 149 Å². The van der Waals surface area contributed by atoms with E-state index in [0.29, 0.717) is 11.9 Å². The molecule has 0 unspecified atom stereocenters. The first-order valence-electron chi connectivity index (χ1n) is 8.57. The molecule has 130 valence electrons. The summed E-state index contributed by atoms with van der Waals surface area (Å²) in [6.45, 7) is 8.29. The van der Waals surface area contributed by atoms with Crippen molar-refractivity contribution >= 4 is 17.5 Å². The van der Waals surface area contributed by atoms with Crippen LogP contribution in [0.2, 0.25) is 0 Å². The minimum Gasteiger partial charge on any atom is -0.375 e. The molecule has 1 aromatic heterocycles. The standard InChI is InChI=1S/C20H25N5/c1-13-9-14(2)11-17(10-13)23-20-22-8-7-18(25-20)24-19(21-4)12-15(3)16-5-6-16/h7-12,16,21H,3,5-6H2,1-2,4H3,(H2,22,23,24,25)/b19-12+. The number of hydrogen-bond acceptors (Lipinski definition) is 5. The van der Waals surface area contributed by atoms with Crippen LogP contribution < -0.4 is 16.0 Å². The van der Waals surface area contributed by atoms with Gasteiger partial charge in [-0.15, -0.1) is 0 Å². The monoisotopic (exact) mass is 335 g/mol. The van der Waals surface area contributed by atoms with Crippen LogP contribution in [0.1, 0.15) is 24.0 Å². The van der Waals surface area contributed by atoms with Gasteiger partial charge in [-0.05, 0) is 73.6 Å². The fourth-order valence-corrected chi connectivity index (χ4v) is 2.73. The van der Waals surface area contributed by atoms with E-state index in [1.165, 1.54) is 24.0 Å². The lowest BCUT2D eigenvalue weighted by atomic mass is 10.1. The van der Waals surface area contributed by atoms with E-state index in [1.54, 1.807) is 6.20 Å². The summed E-state index contributed by atoms with van der Waals surface area (Å²) in [5.41, 5.74) is 4.55. The molecule has 1 aromatic carbocycles. The van der Waals surface area contributed by atoms with Crippen molar-refractivity contribution in [3.8, 4) is 0 Å². The van der Waals surface area contributed by atoms with E-state index in [4.69, 9.17) is 0 Å². The Morgan fingerprint density at radius 3 is 2.56 bits per heavy atom. The molecule has 1 fully saturated rings. The van der Waals surface area contributed by atoms with E-state index in [9.17, 15) is 0 Å². The van der Waals surface area contributed by atoms with Crippen LogP contribution >= 0.6 is 0 Å². The van der Waals surface area contributed by atoms with Crippen LogP contribution in [-0.2, 0) is 0 Å². The summed E-state index contributed by atoms with van der Waals surface area (Å²) in [5.74, 6) is 2.81. The molecule has 2 aromatic rings. The molecule has 1 aliphatic carbocycles. The fourth-order valence-electron chi connectivity index (χ4n) is 2.73. The highest BCUT2D eigenvalue weighted by Gasteiger charge is 2.23. The fraction of sp³-hybridized carbons (Fsp3) is 0.300. The topological polar surface area (TPSA) is 61.9 Å². The second kappa shape index (κ2) is 7.38. The van der Waals surface area contributed by atoms with Crippen molar-refractivity contribution in [3.05, 3.63) is 65.6 Å². The number of anilines is 3. The van der Waals surface area contributed by atoms with Gasteiger partial charge in [0.1, 0.15) is 11.6 Å². The summed E-state index contributed by atoms with van der Waals surface area (Å²) >= 11 is 0. The largest absolute Gasteiger partial charge is 0.375 e. The number of allylic oxidation sites excluding steroid dienone is 2. The Hall–Kier alpha value is -2.82. The van der Waals surface area contributed by atoms with Crippen molar-refractivity contribution < 1.29 is 0 Å². The maximum Gasteiger partial charge on any atom is 0.229 e. The van der Waals surface area contributed by atoms with Crippen LogP contribution in [0.15, 0.2) is 54.5 Å². The van der Waals surface area contributed by atoms with Gasteiger partial charge in [0.05, 0.1) is 0 Å². The molecule has 1 heterocycles. The lowest BCUT2D eigenvalue weighted by molar-refractivity contribution is 0.964. The first-order valence-corrected chi connectivity index (χ1v) is 8.57. The van der Waals surface area contributed by atoms with Crippen molar-refractivity contribution in [2.75, 3.05) is 17.7 Å². The zero-order chi connectivity index (χ0) is 17.8. The normalized spacial score (nSPS) is 14.1. The molecule has 0 aliphatic heterocycles. The molecule has 0 radical (unpaired) electrons. The average molecular weight is 335 g/mol. The third kappa shape index (κ3) is 4.83. The van der Waals surface area contributed by atoms with E-state index < -0.39 is 0 Å². The Morgan fingerprint density at radius 2 is 1.92 bits per heavy atom. The smallest absolute Gasteiger partial charge is 0.229 e. The van der Waals surface area contributed by atoms with Crippen molar-refractivity contribution in [2.45, 2.75) is 26.7 Å². The van der Waals surface area contributed by atoms with Gasteiger partial charge in [0.2, 0.25) is 5.95 Å². The number of rotatable bonds is 7. The Balaban J connectivity index is 1.73. The van der Waals surface area contributed by atoms with Gasteiger partial charge in [0.15, 0.2) is 0 Å². The molecule has 0 spiro atoms. The summed E-state index contributed by atoms with van der Waals surface area (Å²) < 4.78 is 0. The number of nitrogens with one attached hydrogen (secondary N) is 3. The molecule has 0 bridgehead atoms. The zero-order valence-corrected chi connectivity index (χ0v) is 15.1. The van der Waals surface area contributed by atoms with Gasteiger partial charge in [0.25, 0.3) is 0 Å². The van der Waals surface area contributed by atoms with Crippen LogP contribution in [0.3, 0.4) is 0 Å². The van der Waals surface area contributed by atoms with Crippen molar-refractivity contribution in [3.63, 3.8) is 0 Å². The molecule has 5 nitrogen and oxygen atoms in total. The SMILES string of the molecule is C=C(/C=C(\NC)Nc1ccnc(Nc2cc(C)cc(C)c2)n1)C1CC1. The van der Waals surface area contributed by atoms with Crippen LogP contribution in [0.4, 0.5) is 17.5 Å². The first kappa shape index (κ1) is 17.0. The van der Waals surface area contributed by atoms with Crippen molar-refractivity contribution in [2.24, 2.45) is 5.92 Å². The summed E-state index contributed by atoms with van der Waals surface area (Å²) in [6, 6.07) is 8.14. The summed E-state index contributed by atoms with van der Waals surface area (Å²) in [6.07, 6.45) is 6.27. The molecular weight excluding hydrogens is 310 g/mol. The van der Waals surface area contributed by atoms with E-state index in [-0.39, 0.29) is 0 Å². The minimum absolute atomic E-state index is 0.562. The predicted octanol–water partition coefficient (Wildman–Crippen LogP) is 4.28. The van der Waals surface area contributed by atoms with Crippen LogP contribution in [0, 0.1) is 19.8 Å². The number of benzene rings is 1.